The molecule has 22 heavy (non-hydrogen) atoms. The van der Waals surface area contributed by atoms with Crippen LogP contribution in [0.2, 0.25) is 0 Å². The molecule has 0 spiro atoms. The zero-order chi connectivity index (χ0) is 16.1. The summed E-state index contributed by atoms with van der Waals surface area (Å²) in [6.45, 7) is 3.84. The molecule has 2 aromatic rings. The maximum absolute atomic E-state index is 13.9. The maximum atomic E-state index is 13.9. The number of nitrogens with one attached hydrogen (secondary N) is 1. The molecule has 0 amide bonds. The highest BCUT2D eigenvalue weighted by Gasteiger charge is 2.20. The minimum absolute atomic E-state index is 0.0606. The van der Waals surface area contributed by atoms with Crippen LogP contribution >= 0.6 is 0 Å². The molecule has 0 saturated carbocycles. The van der Waals surface area contributed by atoms with Gasteiger partial charge in [0.05, 0.1) is 6.26 Å². The molecule has 1 aromatic heterocycles. The second-order valence-electron chi connectivity index (χ2n) is 5.46. The van der Waals surface area contributed by atoms with Gasteiger partial charge in [0, 0.05) is 23.7 Å². The number of benzene rings is 1. The zero-order valence-electron chi connectivity index (χ0n) is 12.7. The molecule has 3 unspecified atom stereocenters. The third-order valence-corrected chi connectivity index (χ3v) is 3.68. The quantitative estimate of drug-likeness (QED) is 0.809. The Bertz CT molecular complexity index is 586. The van der Waals surface area contributed by atoms with Gasteiger partial charge in [-0.3, -0.25) is 0 Å². The Hall–Kier alpha value is -1.72. The van der Waals surface area contributed by atoms with Crippen LogP contribution < -0.4 is 5.32 Å². The number of aliphatic hydroxyl groups is 1. The van der Waals surface area contributed by atoms with Gasteiger partial charge >= 0.3 is 0 Å². The lowest BCUT2D eigenvalue weighted by Crippen LogP contribution is -2.32. The summed E-state index contributed by atoms with van der Waals surface area (Å²) < 4.78 is 32.0. The van der Waals surface area contributed by atoms with Gasteiger partial charge in [-0.1, -0.05) is 13.0 Å². The lowest BCUT2D eigenvalue weighted by molar-refractivity contribution is 0.126. The number of halogens is 2. The van der Waals surface area contributed by atoms with Gasteiger partial charge < -0.3 is 14.8 Å². The standard InChI is InChI=1S/C17H21F2NO2/c1-3-15(13-7-6-12(18)10-14(13)19)20-11(2)9-16(21)17-5-4-8-22-17/h4-8,10-11,15-16,20-21H,3,9H2,1-2H3. The molecule has 1 heterocycles. The van der Waals surface area contributed by atoms with E-state index in [0.717, 1.165) is 6.07 Å². The summed E-state index contributed by atoms with van der Waals surface area (Å²) >= 11 is 0. The Morgan fingerprint density at radius 2 is 2.05 bits per heavy atom. The normalized spacial score (nSPS) is 15.5. The van der Waals surface area contributed by atoms with Crippen LogP contribution in [-0.4, -0.2) is 11.1 Å². The number of furan rings is 1. The van der Waals surface area contributed by atoms with Crippen molar-refractivity contribution in [2.45, 2.75) is 44.9 Å². The van der Waals surface area contributed by atoms with Crippen LogP contribution in [0.1, 0.15) is 50.2 Å². The number of rotatable bonds is 7. The van der Waals surface area contributed by atoms with Crippen molar-refractivity contribution in [3.8, 4) is 0 Å². The van der Waals surface area contributed by atoms with Crippen LogP contribution in [0.3, 0.4) is 0 Å². The molecule has 0 aliphatic heterocycles. The zero-order valence-corrected chi connectivity index (χ0v) is 12.7. The molecule has 0 bridgehead atoms. The van der Waals surface area contributed by atoms with Crippen molar-refractivity contribution in [3.05, 3.63) is 59.6 Å². The topological polar surface area (TPSA) is 45.4 Å². The highest BCUT2D eigenvalue weighted by Crippen LogP contribution is 2.24. The first-order valence-corrected chi connectivity index (χ1v) is 7.43. The van der Waals surface area contributed by atoms with Gasteiger partial charge in [0.15, 0.2) is 0 Å². The third kappa shape index (κ3) is 4.15. The maximum Gasteiger partial charge on any atom is 0.132 e. The van der Waals surface area contributed by atoms with Crippen molar-refractivity contribution in [3.63, 3.8) is 0 Å². The molecular formula is C17H21F2NO2. The predicted octanol–water partition coefficient (Wildman–Crippen LogP) is 4.11. The molecule has 5 heteroatoms. The van der Waals surface area contributed by atoms with Crippen molar-refractivity contribution in [2.75, 3.05) is 0 Å². The minimum Gasteiger partial charge on any atom is -0.467 e. The summed E-state index contributed by atoms with van der Waals surface area (Å²) in [4.78, 5) is 0. The van der Waals surface area contributed by atoms with Crippen molar-refractivity contribution in [1.29, 1.82) is 0 Å². The Kier molecular flexibility index (Phi) is 5.69. The van der Waals surface area contributed by atoms with Gasteiger partial charge in [-0.15, -0.1) is 0 Å². The van der Waals surface area contributed by atoms with E-state index in [0.29, 0.717) is 24.2 Å². The van der Waals surface area contributed by atoms with Crippen molar-refractivity contribution < 1.29 is 18.3 Å². The first-order chi connectivity index (χ1) is 10.5. The smallest absolute Gasteiger partial charge is 0.132 e. The van der Waals surface area contributed by atoms with Gasteiger partial charge in [0.1, 0.15) is 23.5 Å². The minimum atomic E-state index is -0.715. The molecule has 120 valence electrons. The van der Waals surface area contributed by atoms with E-state index in [9.17, 15) is 13.9 Å². The monoisotopic (exact) mass is 309 g/mol. The van der Waals surface area contributed by atoms with Crippen molar-refractivity contribution >= 4 is 0 Å². The molecule has 0 aliphatic rings. The van der Waals surface area contributed by atoms with Crippen LogP contribution in [0.5, 0.6) is 0 Å². The summed E-state index contributed by atoms with van der Waals surface area (Å²) in [6, 6.07) is 6.75. The lowest BCUT2D eigenvalue weighted by Gasteiger charge is -2.24. The molecule has 3 atom stereocenters. The third-order valence-electron chi connectivity index (χ3n) is 3.68. The molecular weight excluding hydrogens is 288 g/mol. The predicted molar refractivity (Wildman–Crippen MR) is 80.3 cm³/mol. The molecule has 2 N–H and O–H groups in total. The molecule has 0 radical (unpaired) electrons. The Morgan fingerprint density at radius 1 is 1.27 bits per heavy atom. The molecule has 0 aliphatic carbocycles. The number of hydrogen-bond acceptors (Lipinski definition) is 3. The fraction of sp³-hybridized carbons (Fsp3) is 0.412. The van der Waals surface area contributed by atoms with Crippen LogP contribution in [0, 0.1) is 11.6 Å². The molecule has 0 fully saturated rings. The molecule has 0 saturated heterocycles. The van der Waals surface area contributed by atoms with Gasteiger partial charge in [-0.2, -0.15) is 0 Å². The second-order valence-corrected chi connectivity index (χ2v) is 5.46. The first-order valence-electron chi connectivity index (χ1n) is 7.43. The van der Waals surface area contributed by atoms with Crippen molar-refractivity contribution in [2.24, 2.45) is 0 Å². The van der Waals surface area contributed by atoms with Crippen LogP contribution in [-0.2, 0) is 0 Å². The molecule has 2 rings (SSSR count). The highest BCUT2D eigenvalue weighted by molar-refractivity contribution is 5.22. The van der Waals surface area contributed by atoms with E-state index in [2.05, 4.69) is 5.32 Å². The van der Waals surface area contributed by atoms with E-state index >= 15 is 0 Å². The summed E-state index contributed by atoms with van der Waals surface area (Å²) in [5, 5.41) is 13.3. The van der Waals surface area contributed by atoms with E-state index in [1.54, 1.807) is 12.1 Å². The Morgan fingerprint density at radius 3 is 2.64 bits per heavy atom. The first kappa shape index (κ1) is 16.6. The Labute approximate surface area is 129 Å². The highest BCUT2D eigenvalue weighted by atomic mass is 19.1. The number of aliphatic hydroxyl groups excluding tert-OH is 1. The van der Waals surface area contributed by atoms with Gasteiger partial charge in [-0.25, -0.2) is 8.78 Å². The largest absolute Gasteiger partial charge is 0.467 e. The fourth-order valence-corrected chi connectivity index (χ4v) is 2.56. The van der Waals surface area contributed by atoms with Crippen molar-refractivity contribution in [1.82, 2.24) is 5.32 Å². The molecule has 3 nitrogen and oxygen atoms in total. The van der Waals surface area contributed by atoms with Crippen LogP contribution in [0.15, 0.2) is 41.0 Å². The number of hydrogen-bond donors (Lipinski definition) is 2. The van der Waals surface area contributed by atoms with E-state index < -0.39 is 17.7 Å². The summed E-state index contributed by atoms with van der Waals surface area (Å²) in [5.74, 6) is -0.634. The average molecular weight is 309 g/mol. The van der Waals surface area contributed by atoms with Crippen LogP contribution in [0.4, 0.5) is 8.78 Å². The second kappa shape index (κ2) is 7.51. The van der Waals surface area contributed by atoms with Gasteiger partial charge in [0.25, 0.3) is 0 Å². The van der Waals surface area contributed by atoms with E-state index in [4.69, 9.17) is 4.42 Å². The van der Waals surface area contributed by atoms with Crippen LogP contribution in [0.25, 0.3) is 0 Å². The lowest BCUT2D eigenvalue weighted by atomic mass is 10.0. The van der Waals surface area contributed by atoms with Gasteiger partial charge in [0.2, 0.25) is 0 Å². The fourth-order valence-electron chi connectivity index (χ4n) is 2.56. The molecule has 1 aromatic carbocycles. The SMILES string of the molecule is CCC(NC(C)CC(O)c1ccco1)c1ccc(F)cc1F. The summed E-state index contributed by atoms with van der Waals surface area (Å²) in [5.41, 5.74) is 0.434. The Balaban J connectivity index is 2.00. The average Bonchev–Trinajstić information content (AvgIpc) is 2.99. The van der Waals surface area contributed by atoms with E-state index in [-0.39, 0.29) is 12.1 Å². The van der Waals surface area contributed by atoms with E-state index in [1.165, 1.54) is 18.4 Å². The van der Waals surface area contributed by atoms with Gasteiger partial charge in [-0.05, 0) is 38.0 Å². The summed E-state index contributed by atoms with van der Waals surface area (Å²) in [7, 11) is 0. The van der Waals surface area contributed by atoms with E-state index in [1.807, 2.05) is 13.8 Å². The summed E-state index contributed by atoms with van der Waals surface area (Å²) in [6.07, 6.45) is 1.89.